The van der Waals surface area contributed by atoms with E-state index in [4.69, 9.17) is 0 Å². The molecule has 0 bridgehead atoms. The van der Waals surface area contributed by atoms with Gasteiger partial charge in [0.15, 0.2) is 5.78 Å². The van der Waals surface area contributed by atoms with Crippen molar-refractivity contribution < 1.29 is 24.6 Å². The average Bonchev–Trinajstić information content (AvgIpc) is 3.08. The van der Waals surface area contributed by atoms with E-state index in [1.807, 2.05) is 6.08 Å². The molecule has 276 valence electrons. The van der Waals surface area contributed by atoms with E-state index in [9.17, 15) is 24.6 Å². The quantitative estimate of drug-likeness (QED) is 0.0303. The highest BCUT2D eigenvalue weighted by Gasteiger charge is 2.50. The van der Waals surface area contributed by atoms with E-state index in [0.29, 0.717) is 19.3 Å². The molecule has 7 heteroatoms. The SMILES string of the molecule is CCCCCC=CCC=CCC=CCC=CCCCC(=O)N(P)[C@](CO)(C(=O)O)C(=O)CCCCCCCCCCCCCCCCC. The molecule has 6 nitrogen and oxygen atoms in total. The van der Waals surface area contributed by atoms with E-state index in [1.54, 1.807) is 0 Å². The highest BCUT2D eigenvalue weighted by Crippen LogP contribution is 2.26. The number of amides is 1. The molecule has 0 saturated carbocycles. The number of Topliss-reactive ketones (excluding diaryl/α,β-unsaturated/α-hetero) is 1. The minimum absolute atomic E-state index is 0.0333. The van der Waals surface area contributed by atoms with Crippen LogP contribution in [0.5, 0.6) is 0 Å². The van der Waals surface area contributed by atoms with Crippen molar-refractivity contribution in [3.8, 4) is 0 Å². The second kappa shape index (κ2) is 33.5. The van der Waals surface area contributed by atoms with E-state index < -0.39 is 29.8 Å². The van der Waals surface area contributed by atoms with E-state index >= 15 is 0 Å². The highest BCUT2D eigenvalue weighted by atomic mass is 31.0. The number of allylic oxidation sites excluding steroid dienone is 8. The van der Waals surface area contributed by atoms with Crippen molar-refractivity contribution in [2.75, 3.05) is 6.61 Å². The van der Waals surface area contributed by atoms with E-state index in [-0.39, 0.29) is 12.8 Å². The fourth-order valence-electron chi connectivity index (χ4n) is 5.72. The average molecular weight is 690 g/mol. The lowest BCUT2D eigenvalue weighted by atomic mass is 9.90. The van der Waals surface area contributed by atoms with Gasteiger partial charge in [0.05, 0.1) is 6.61 Å². The fraction of sp³-hybridized carbons (Fsp3) is 0.732. The van der Waals surface area contributed by atoms with Crippen molar-refractivity contribution in [3.05, 3.63) is 48.6 Å². The lowest BCUT2D eigenvalue weighted by molar-refractivity contribution is -0.161. The van der Waals surface area contributed by atoms with Crippen molar-refractivity contribution in [3.63, 3.8) is 0 Å². The molecule has 0 aromatic heterocycles. The van der Waals surface area contributed by atoms with Gasteiger partial charge in [-0.05, 0) is 60.8 Å². The number of hydrogen-bond acceptors (Lipinski definition) is 4. The summed E-state index contributed by atoms with van der Waals surface area (Å²) in [6.45, 7) is 3.53. The van der Waals surface area contributed by atoms with Gasteiger partial charge in [-0.25, -0.2) is 4.79 Å². The third kappa shape index (κ3) is 23.3. The van der Waals surface area contributed by atoms with Gasteiger partial charge in [0.25, 0.3) is 0 Å². The summed E-state index contributed by atoms with van der Waals surface area (Å²) in [6, 6.07) is 0. The molecule has 0 aromatic rings. The number of aliphatic hydroxyl groups is 1. The maximum atomic E-state index is 13.1. The second-order valence-corrected chi connectivity index (χ2v) is 13.7. The number of carboxylic acid groups (broad SMARTS) is 1. The third-order valence-electron chi connectivity index (χ3n) is 8.95. The summed E-state index contributed by atoms with van der Waals surface area (Å²) in [5.41, 5.74) is -2.25. The molecule has 0 aliphatic carbocycles. The maximum absolute atomic E-state index is 13.1. The number of hydrogen-bond donors (Lipinski definition) is 2. The molecule has 0 radical (unpaired) electrons. The Bertz CT molecular complexity index is 928. The molecule has 1 unspecified atom stereocenters. The van der Waals surface area contributed by atoms with E-state index in [0.717, 1.165) is 43.2 Å². The molecule has 0 spiro atoms. The lowest BCUT2D eigenvalue weighted by Crippen LogP contribution is -2.60. The van der Waals surface area contributed by atoms with Crippen LogP contribution in [0.3, 0.4) is 0 Å². The van der Waals surface area contributed by atoms with Crippen LogP contribution in [0.1, 0.15) is 181 Å². The van der Waals surface area contributed by atoms with Gasteiger partial charge in [0.1, 0.15) is 0 Å². The van der Waals surface area contributed by atoms with Crippen molar-refractivity contribution >= 4 is 27.1 Å². The monoisotopic (exact) mass is 690 g/mol. The van der Waals surface area contributed by atoms with Crippen molar-refractivity contribution in [2.45, 2.75) is 186 Å². The minimum atomic E-state index is -2.25. The van der Waals surface area contributed by atoms with Crippen LogP contribution in [-0.4, -0.2) is 44.7 Å². The van der Waals surface area contributed by atoms with Crippen LogP contribution >= 0.6 is 9.39 Å². The van der Waals surface area contributed by atoms with Gasteiger partial charge in [0.2, 0.25) is 11.4 Å². The molecule has 2 N–H and O–H groups in total. The summed E-state index contributed by atoms with van der Waals surface area (Å²) in [7, 11) is 2.09. The Balaban J connectivity index is 4.23. The van der Waals surface area contributed by atoms with Crippen LogP contribution in [0, 0.1) is 0 Å². The number of rotatable bonds is 34. The predicted octanol–water partition coefficient (Wildman–Crippen LogP) is 11.4. The minimum Gasteiger partial charge on any atom is -0.479 e. The predicted molar refractivity (Wildman–Crippen MR) is 207 cm³/mol. The number of unbranched alkanes of at least 4 members (excludes halogenated alkanes) is 18. The number of carbonyl (C=O) groups is 3. The Morgan fingerprint density at radius 3 is 1.33 bits per heavy atom. The van der Waals surface area contributed by atoms with Crippen LogP contribution in [0.25, 0.3) is 0 Å². The largest absolute Gasteiger partial charge is 0.479 e. The Kier molecular flexibility index (Phi) is 32.0. The molecule has 0 rings (SSSR count). The summed E-state index contributed by atoms with van der Waals surface area (Å²) >= 11 is 0. The number of aliphatic hydroxyl groups excluding tert-OH is 1. The molecular formula is C41H72NO5P. The second-order valence-electron chi connectivity index (χ2n) is 13.2. The first-order chi connectivity index (χ1) is 23.4. The standard InChI is InChI=1S/C41H72NO5P/c1-3-5-7-9-11-13-15-17-19-20-22-24-26-28-30-32-34-36-39(45)42(48)41(37-43,40(46)47)38(44)35-33-31-29-27-25-23-21-18-16-14-12-10-8-6-4-2/h11,13,17,19,22,24,28,30,43H,3-10,12,14-16,18,20-21,23,25-27,29,31-37,48H2,1-2H3,(H,46,47)/t41-/m0/s1. The van der Waals surface area contributed by atoms with Gasteiger partial charge in [-0.3, -0.25) is 9.59 Å². The molecule has 48 heavy (non-hydrogen) atoms. The van der Waals surface area contributed by atoms with Gasteiger partial charge in [-0.2, -0.15) is 0 Å². The fourth-order valence-corrected chi connectivity index (χ4v) is 6.18. The molecule has 2 atom stereocenters. The maximum Gasteiger partial charge on any atom is 0.340 e. The first-order valence-corrected chi connectivity index (χ1v) is 19.9. The van der Waals surface area contributed by atoms with Crippen molar-refractivity contribution in [2.24, 2.45) is 0 Å². The van der Waals surface area contributed by atoms with Gasteiger partial charge in [0, 0.05) is 12.8 Å². The summed E-state index contributed by atoms with van der Waals surface area (Å²) in [5, 5.41) is 20.0. The highest BCUT2D eigenvalue weighted by molar-refractivity contribution is 7.15. The van der Waals surface area contributed by atoms with E-state index in [2.05, 4.69) is 65.8 Å². The zero-order chi connectivity index (χ0) is 35.6. The summed E-state index contributed by atoms with van der Waals surface area (Å²) in [5.74, 6) is -2.58. The smallest absolute Gasteiger partial charge is 0.340 e. The number of carbonyl (C=O) groups excluding carboxylic acids is 2. The molecule has 0 aromatic carbocycles. The summed E-state index contributed by atoms with van der Waals surface area (Å²) in [6.07, 6.45) is 44.2. The van der Waals surface area contributed by atoms with Crippen LogP contribution in [0.2, 0.25) is 0 Å². The van der Waals surface area contributed by atoms with Gasteiger partial charge in [-0.15, -0.1) is 0 Å². The number of nitrogens with zero attached hydrogens (tertiary/aromatic N) is 1. The Hall–Kier alpha value is -2.04. The molecule has 0 aliphatic rings. The third-order valence-corrected chi connectivity index (χ3v) is 9.68. The van der Waals surface area contributed by atoms with Crippen molar-refractivity contribution in [1.82, 2.24) is 4.67 Å². The summed E-state index contributed by atoms with van der Waals surface area (Å²) < 4.78 is 0.880. The zero-order valence-electron chi connectivity index (χ0n) is 30.9. The first-order valence-electron chi connectivity index (χ1n) is 19.4. The van der Waals surface area contributed by atoms with E-state index in [1.165, 1.54) is 96.3 Å². The van der Waals surface area contributed by atoms with Gasteiger partial charge >= 0.3 is 5.97 Å². The molecule has 0 heterocycles. The molecule has 0 fully saturated rings. The topological polar surface area (TPSA) is 94.9 Å². The Labute approximate surface area is 297 Å². The van der Waals surface area contributed by atoms with Gasteiger partial charge in [-0.1, -0.05) is 165 Å². The summed E-state index contributed by atoms with van der Waals surface area (Å²) in [4.78, 5) is 38.2. The number of aliphatic carboxylic acids is 1. The molecule has 0 aliphatic heterocycles. The van der Waals surface area contributed by atoms with Gasteiger partial charge < -0.3 is 14.9 Å². The zero-order valence-corrected chi connectivity index (χ0v) is 32.0. The van der Waals surface area contributed by atoms with Crippen LogP contribution in [-0.2, 0) is 14.4 Å². The van der Waals surface area contributed by atoms with Crippen LogP contribution in [0.15, 0.2) is 48.6 Å². The lowest BCUT2D eigenvalue weighted by Gasteiger charge is -2.35. The number of ketones is 1. The first kappa shape index (κ1) is 46.0. The van der Waals surface area contributed by atoms with Crippen molar-refractivity contribution in [1.29, 1.82) is 0 Å². The molecule has 1 amide bonds. The Morgan fingerprint density at radius 1 is 0.542 bits per heavy atom. The Morgan fingerprint density at radius 2 is 0.917 bits per heavy atom. The number of carboxylic acids is 1. The molecule has 0 saturated heterocycles. The normalized spacial score (nSPS) is 13.3. The van der Waals surface area contributed by atoms with Crippen LogP contribution < -0.4 is 0 Å². The van der Waals surface area contributed by atoms with Crippen LogP contribution in [0.4, 0.5) is 0 Å². The molecular weight excluding hydrogens is 617 g/mol.